The van der Waals surface area contributed by atoms with E-state index in [1.54, 1.807) is 0 Å². The van der Waals surface area contributed by atoms with Crippen LogP contribution in [0.5, 0.6) is 5.75 Å². The van der Waals surface area contributed by atoms with Crippen molar-refractivity contribution >= 4 is 0 Å². The van der Waals surface area contributed by atoms with Crippen molar-refractivity contribution in [1.82, 2.24) is 0 Å². The Kier molecular flexibility index (Phi) is 9.63. The first kappa shape index (κ1) is 26.0. The van der Waals surface area contributed by atoms with Crippen LogP contribution >= 0.6 is 0 Å². The van der Waals surface area contributed by atoms with Crippen molar-refractivity contribution in [2.45, 2.75) is 103 Å². The molecule has 0 saturated heterocycles. The number of rotatable bonds is 9. The first-order valence-electron chi connectivity index (χ1n) is 12.7. The summed E-state index contributed by atoms with van der Waals surface area (Å²) in [7, 11) is 0. The van der Waals surface area contributed by atoms with E-state index in [1.807, 2.05) is 0 Å². The van der Waals surface area contributed by atoms with Crippen LogP contribution in [-0.2, 0) is 0 Å². The average molecular weight is 473 g/mol. The largest absolute Gasteiger partial charge is 0.573 e. The van der Waals surface area contributed by atoms with E-state index in [2.05, 4.69) is 23.8 Å². The fourth-order valence-electron chi connectivity index (χ4n) is 5.83. The van der Waals surface area contributed by atoms with E-state index in [0.717, 1.165) is 49.7 Å². The van der Waals surface area contributed by atoms with Crippen LogP contribution in [0, 0.1) is 29.4 Å². The molecular weight excluding hydrogens is 435 g/mol. The Hall–Kier alpha value is -1.59. The lowest BCUT2D eigenvalue weighted by molar-refractivity contribution is -0.276. The monoisotopic (exact) mass is 472 g/mol. The first-order valence-corrected chi connectivity index (χ1v) is 12.7. The maximum Gasteiger partial charge on any atom is 0.573 e. The summed E-state index contributed by atoms with van der Waals surface area (Å²) in [6.07, 6.45) is 14.5. The molecule has 2 aliphatic rings. The summed E-state index contributed by atoms with van der Waals surface area (Å²) in [4.78, 5) is 0. The molecule has 0 aromatic heterocycles. The Morgan fingerprint density at radius 1 is 0.848 bits per heavy atom. The quantitative estimate of drug-likeness (QED) is 0.198. The molecular formula is C27H37F5O. The van der Waals surface area contributed by atoms with E-state index in [1.165, 1.54) is 57.8 Å². The molecule has 186 valence electrons. The third-order valence-corrected chi connectivity index (χ3v) is 7.64. The van der Waals surface area contributed by atoms with Gasteiger partial charge in [-0.25, -0.2) is 8.78 Å². The molecule has 0 atom stereocenters. The number of allylic oxidation sites excluding steroid dienone is 2. The third kappa shape index (κ3) is 7.99. The number of unbranched alkanes of at least 4 members (excludes halogenated alkanes) is 2. The molecule has 1 nitrogen and oxygen atoms in total. The zero-order valence-corrected chi connectivity index (χ0v) is 19.6. The molecule has 3 rings (SSSR count). The smallest absolute Gasteiger partial charge is 0.399 e. The molecule has 33 heavy (non-hydrogen) atoms. The second kappa shape index (κ2) is 12.2. The number of benzene rings is 1. The van der Waals surface area contributed by atoms with Crippen LogP contribution in [0.2, 0.25) is 0 Å². The van der Waals surface area contributed by atoms with Crippen molar-refractivity contribution in [2.24, 2.45) is 17.8 Å². The molecule has 0 unspecified atom stereocenters. The van der Waals surface area contributed by atoms with Gasteiger partial charge in [0.2, 0.25) is 5.75 Å². The molecule has 0 spiro atoms. The van der Waals surface area contributed by atoms with Crippen molar-refractivity contribution in [3.8, 4) is 5.75 Å². The topological polar surface area (TPSA) is 9.23 Å². The molecule has 0 N–H and O–H groups in total. The van der Waals surface area contributed by atoms with Gasteiger partial charge >= 0.3 is 6.36 Å². The summed E-state index contributed by atoms with van der Waals surface area (Å²) >= 11 is 0. The van der Waals surface area contributed by atoms with Gasteiger partial charge < -0.3 is 4.74 Å². The standard InChI is InChI=1S/C27H37F5O/c1-2-3-4-5-6-7-8-19-9-11-20(12-10-19)21-13-15-22(16-14-21)23-17-24(28)26(25(29)18-23)33-27(30,31)32/h4-5,17-22H,2-3,6-16H2,1H3/b5-4+/t19-,20-,21-,22-. The van der Waals surface area contributed by atoms with E-state index < -0.39 is 23.7 Å². The van der Waals surface area contributed by atoms with E-state index in [-0.39, 0.29) is 5.92 Å². The molecule has 0 aliphatic heterocycles. The predicted octanol–water partition coefficient (Wildman–Crippen LogP) is 9.47. The minimum Gasteiger partial charge on any atom is -0.399 e. The second-order valence-electron chi connectivity index (χ2n) is 9.94. The van der Waals surface area contributed by atoms with Gasteiger partial charge in [0.1, 0.15) is 0 Å². The average Bonchev–Trinajstić information content (AvgIpc) is 2.78. The van der Waals surface area contributed by atoms with Crippen LogP contribution in [0.25, 0.3) is 0 Å². The Morgan fingerprint density at radius 2 is 1.39 bits per heavy atom. The Morgan fingerprint density at radius 3 is 1.94 bits per heavy atom. The zero-order chi connectivity index (χ0) is 23.8. The number of ether oxygens (including phenoxy) is 1. The molecule has 0 radical (unpaired) electrons. The van der Waals surface area contributed by atoms with Crippen LogP contribution in [0.3, 0.4) is 0 Å². The van der Waals surface area contributed by atoms with Crippen LogP contribution in [0.1, 0.15) is 102 Å². The van der Waals surface area contributed by atoms with Gasteiger partial charge in [0.25, 0.3) is 0 Å². The molecule has 2 saturated carbocycles. The zero-order valence-electron chi connectivity index (χ0n) is 19.6. The highest BCUT2D eigenvalue weighted by atomic mass is 19.4. The van der Waals surface area contributed by atoms with Crippen LogP contribution in [0.15, 0.2) is 24.3 Å². The highest BCUT2D eigenvalue weighted by molar-refractivity contribution is 5.33. The van der Waals surface area contributed by atoms with Gasteiger partial charge in [0.15, 0.2) is 11.6 Å². The minimum absolute atomic E-state index is 0.0118. The summed E-state index contributed by atoms with van der Waals surface area (Å²) in [5.74, 6) is -1.71. The lowest BCUT2D eigenvalue weighted by atomic mass is 9.68. The van der Waals surface area contributed by atoms with Gasteiger partial charge in [-0.2, -0.15) is 0 Å². The van der Waals surface area contributed by atoms with Gasteiger partial charge in [-0.3, -0.25) is 0 Å². The van der Waals surface area contributed by atoms with Crippen molar-refractivity contribution in [1.29, 1.82) is 0 Å². The summed E-state index contributed by atoms with van der Waals surface area (Å²) in [6.45, 7) is 2.20. The highest BCUT2D eigenvalue weighted by Crippen LogP contribution is 2.45. The fourth-order valence-corrected chi connectivity index (χ4v) is 5.83. The number of hydrogen-bond donors (Lipinski definition) is 0. The highest BCUT2D eigenvalue weighted by Gasteiger charge is 2.35. The molecule has 0 bridgehead atoms. The van der Waals surface area contributed by atoms with Gasteiger partial charge in [0.05, 0.1) is 0 Å². The van der Waals surface area contributed by atoms with Gasteiger partial charge in [-0.1, -0.05) is 44.8 Å². The lowest BCUT2D eigenvalue weighted by Crippen LogP contribution is -2.25. The molecule has 6 heteroatoms. The lowest BCUT2D eigenvalue weighted by Gasteiger charge is -2.38. The summed E-state index contributed by atoms with van der Waals surface area (Å²) in [5, 5.41) is 0. The van der Waals surface area contributed by atoms with Crippen LogP contribution < -0.4 is 4.74 Å². The van der Waals surface area contributed by atoms with Crippen LogP contribution in [-0.4, -0.2) is 6.36 Å². The Labute approximate surface area is 194 Å². The Balaban J connectivity index is 1.42. The SMILES string of the molecule is CCC/C=C/CCC[C@H]1CC[C@H]([C@H]2CC[C@H](c3cc(F)c(OC(F)(F)F)c(F)c3)CC2)CC1. The predicted molar refractivity (Wildman–Crippen MR) is 121 cm³/mol. The number of alkyl halides is 3. The number of hydrogen-bond acceptors (Lipinski definition) is 1. The van der Waals surface area contributed by atoms with Crippen molar-refractivity contribution in [3.63, 3.8) is 0 Å². The van der Waals surface area contributed by atoms with E-state index >= 15 is 0 Å². The maximum absolute atomic E-state index is 14.1. The van der Waals surface area contributed by atoms with Crippen LogP contribution in [0.4, 0.5) is 22.0 Å². The normalized spacial score (nSPS) is 26.6. The van der Waals surface area contributed by atoms with Gasteiger partial charge in [-0.15, -0.1) is 13.2 Å². The minimum atomic E-state index is -5.12. The Bertz CT molecular complexity index is 733. The summed E-state index contributed by atoms with van der Waals surface area (Å²) in [5.41, 5.74) is 0.440. The molecule has 1 aromatic rings. The van der Waals surface area contributed by atoms with Gasteiger partial charge in [0, 0.05) is 0 Å². The molecule has 2 fully saturated rings. The maximum atomic E-state index is 14.1. The first-order chi connectivity index (χ1) is 15.8. The fraction of sp³-hybridized carbons (Fsp3) is 0.704. The molecule has 0 amide bonds. The van der Waals surface area contributed by atoms with Crippen molar-refractivity contribution < 1.29 is 26.7 Å². The van der Waals surface area contributed by atoms with E-state index in [9.17, 15) is 22.0 Å². The van der Waals surface area contributed by atoms with E-state index in [4.69, 9.17) is 0 Å². The van der Waals surface area contributed by atoms with Crippen molar-refractivity contribution in [2.75, 3.05) is 0 Å². The summed E-state index contributed by atoms with van der Waals surface area (Å²) < 4.78 is 68.8. The molecule has 0 heterocycles. The third-order valence-electron chi connectivity index (χ3n) is 7.64. The number of halogens is 5. The van der Waals surface area contributed by atoms with Gasteiger partial charge in [-0.05, 0) is 99.2 Å². The van der Waals surface area contributed by atoms with Crippen molar-refractivity contribution in [3.05, 3.63) is 41.5 Å². The van der Waals surface area contributed by atoms with E-state index in [0.29, 0.717) is 11.5 Å². The summed E-state index contributed by atoms with van der Waals surface area (Å²) in [6, 6.07) is 2.02. The second-order valence-corrected chi connectivity index (χ2v) is 9.94. The molecule has 2 aliphatic carbocycles. The molecule has 1 aromatic carbocycles.